The van der Waals surface area contributed by atoms with Gasteiger partial charge in [-0.05, 0) is 29.9 Å². The van der Waals surface area contributed by atoms with Gasteiger partial charge in [0.25, 0.3) is 0 Å². The summed E-state index contributed by atoms with van der Waals surface area (Å²) in [4.78, 5) is 2.76. The third-order valence-electron chi connectivity index (χ3n) is 1.94. The van der Waals surface area contributed by atoms with Crippen LogP contribution in [0.1, 0.15) is 15.8 Å². The Balaban J connectivity index is 2.29. The van der Waals surface area contributed by atoms with Crippen LogP contribution in [0.15, 0.2) is 35.0 Å². The van der Waals surface area contributed by atoms with Crippen molar-refractivity contribution in [2.24, 2.45) is 0 Å². The maximum absolute atomic E-state index is 3.33. The minimum Gasteiger partial charge on any atom is -0.308 e. The van der Waals surface area contributed by atoms with Crippen molar-refractivity contribution >= 4 is 22.7 Å². The Morgan fingerprint density at radius 3 is 1.92 bits per heavy atom. The van der Waals surface area contributed by atoms with E-state index >= 15 is 0 Å². The number of rotatable bonds is 3. The quantitative estimate of drug-likeness (QED) is 0.819. The summed E-state index contributed by atoms with van der Waals surface area (Å²) in [5, 5.41) is 7.56. The molecular weight excluding hydrogens is 198 g/mol. The van der Waals surface area contributed by atoms with E-state index in [9.17, 15) is 0 Å². The van der Waals surface area contributed by atoms with Gasteiger partial charge < -0.3 is 5.32 Å². The van der Waals surface area contributed by atoms with Crippen LogP contribution in [-0.2, 0) is 0 Å². The molecule has 0 unspecified atom stereocenters. The third-order valence-corrected chi connectivity index (χ3v) is 3.82. The topological polar surface area (TPSA) is 12.0 Å². The predicted molar refractivity (Wildman–Crippen MR) is 59.5 cm³/mol. The highest BCUT2D eigenvalue weighted by atomic mass is 32.1. The lowest BCUT2D eigenvalue weighted by molar-refractivity contribution is 0.716. The minimum atomic E-state index is 0.375. The number of nitrogens with one attached hydrogen (secondary N) is 1. The Labute approximate surface area is 86.0 Å². The maximum atomic E-state index is 3.33. The van der Waals surface area contributed by atoms with E-state index in [1.807, 2.05) is 7.05 Å². The van der Waals surface area contributed by atoms with E-state index in [-0.39, 0.29) is 0 Å². The molecule has 0 aromatic carbocycles. The molecule has 0 radical (unpaired) electrons. The highest BCUT2D eigenvalue weighted by molar-refractivity contribution is 7.11. The molecule has 0 bridgehead atoms. The molecule has 68 valence electrons. The van der Waals surface area contributed by atoms with E-state index in [1.54, 1.807) is 22.7 Å². The predicted octanol–water partition coefficient (Wildman–Crippen LogP) is 3.12. The fraction of sp³-hybridized carbons (Fsp3) is 0.200. The van der Waals surface area contributed by atoms with Gasteiger partial charge in [0.2, 0.25) is 0 Å². The fourth-order valence-electron chi connectivity index (χ4n) is 1.34. The molecule has 0 amide bonds. The normalized spacial score (nSPS) is 10.9. The monoisotopic (exact) mass is 209 g/mol. The zero-order chi connectivity index (χ0) is 9.10. The zero-order valence-corrected chi connectivity index (χ0v) is 8.99. The molecule has 3 heteroatoms. The van der Waals surface area contributed by atoms with Gasteiger partial charge in [-0.15, -0.1) is 22.7 Å². The smallest absolute Gasteiger partial charge is 0.0762 e. The average Bonchev–Trinajstić information content (AvgIpc) is 2.76. The first-order chi connectivity index (χ1) is 6.42. The third kappa shape index (κ3) is 1.82. The van der Waals surface area contributed by atoms with Gasteiger partial charge in [-0.3, -0.25) is 0 Å². The van der Waals surface area contributed by atoms with E-state index < -0.39 is 0 Å². The van der Waals surface area contributed by atoms with Gasteiger partial charge in [0.1, 0.15) is 0 Å². The van der Waals surface area contributed by atoms with Gasteiger partial charge in [0, 0.05) is 9.75 Å². The largest absolute Gasteiger partial charge is 0.308 e. The first-order valence-corrected chi connectivity index (χ1v) is 5.92. The minimum absolute atomic E-state index is 0.375. The molecule has 2 aromatic heterocycles. The van der Waals surface area contributed by atoms with Gasteiger partial charge in [-0.25, -0.2) is 0 Å². The number of hydrogen-bond donors (Lipinski definition) is 1. The van der Waals surface area contributed by atoms with Crippen molar-refractivity contribution in [3.63, 3.8) is 0 Å². The fourth-order valence-corrected chi connectivity index (χ4v) is 3.11. The summed E-state index contributed by atoms with van der Waals surface area (Å²) in [5.41, 5.74) is 0. The van der Waals surface area contributed by atoms with Crippen LogP contribution in [0.3, 0.4) is 0 Å². The highest BCUT2D eigenvalue weighted by Crippen LogP contribution is 2.28. The lowest BCUT2D eigenvalue weighted by atomic mass is 10.2. The van der Waals surface area contributed by atoms with Crippen molar-refractivity contribution in [2.45, 2.75) is 6.04 Å². The number of hydrogen-bond acceptors (Lipinski definition) is 3. The summed E-state index contributed by atoms with van der Waals surface area (Å²) in [5.74, 6) is 0. The standard InChI is InChI=1S/C10H11NS2/c1-11-10(8-4-2-6-12-8)9-5-3-7-13-9/h2-7,10-11H,1H3. The molecule has 0 saturated heterocycles. The van der Waals surface area contributed by atoms with Gasteiger partial charge in [0.05, 0.1) is 6.04 Å². The molecule has 0 aliphatic carbocycles. The summed E-state index contributed by atoms with van der Waals surface area (Å²) in [7, 11) is 2.00. The van der Waals surface area contributed by atoms with Crippen molar-refractivity contribution in [2.75, 3.05) is 7.05 Å². The Kier molecular flexibility index (Phi) is 2.78. The Bertz CT molecular complexity index is 303. The maximum Gasteiger partial charge on any atom is 0.0762 e. The SMILES string of the molecule is CNC(c1cccs1)c1cccs1. The van der Waals surface area contributed by atoms with E-state index in [0.29, 0.717) is 6.04 Å². The molecule has 1 nitrogen and oxygen atoms in total. The Morgan fingerprint density at radius 2 is 1.62 bits per heavy atom. The van der Waals surface area contributed by atoms with Crippen molar-refractivity contribution in [1.82, 2.24) is 5.32 Å². The summed E-state index contributed by atoms with van der Waals surface area (Å²) in [6.45, 7) is 0. The van der Waals surface area contributed by atoms with Crippen LogP contribution in [0.4, 0.5) is 0 Å². The van der Waals surface area contributed by atoms with Crippen LogP contribution in [-0.4, -0.2) is 7.05 Å². The van der Waals surface area contributed by atoms with Gasteiger partial charge >= 0.3 is 0 Å². The van der Waals surface area contributed by atoms with Crippen molar-refractivity contribution in [3.05, 3.63) is 44.8 Å². The van der Waals surface area contributed by atoms with Crippen LogP contribution in [0.25, 0.3) is 0 Å². The summed E-state index contributed by atoms with van der Waals surface area (Å²) in [6.07, 6.45) is 0. The van der Waals surface area contributed by atoms with Crippen molar-refractivity contribution in [1.29, 1.82) is 0 Å². The molecule has 0 spiro atoms. The summed E-state index contributed by atoms with van der Waals surface area (Å²) in [6, 6.07) is 8.91. The average molecular weight is 209 g/mol. The summed E-state index contributed by atoms with van der Waals surface area (Å²) < 4.78 is 0. The van der Waals surface area contributed by atoms with E-state index in [4.69, 9.17) is 0 Å². The second kappa shape index (κ2) is 4.05. The molecule has 0 aliphatic heterocycles. The highest BCUT2D eigenvalue weighted by Gasteiger charge is 2.12. The number of thiophene rings is 2. The van der Waals surface area contributed by atoms with Crippen LogP contribution >= 0.6 is 22.7 Å². The molecule has 2 aromatic rings. The van der Waals surface area contributed by atoms with Crippen LogP contribution in [0.2, 0.25) is 0 Å². The lowest BCUT2D eigenvalue weighted by Crippen LogP contribution is -2.14. The molecule has 13 heavy (non-hydrogen) atoms. The summed E-state index contributed by atoms with van der Waals surface area (Å²) >= 11 is 3.60. The Hall–Kier alpha value is -0.640. The van der Waals surface area contributed by atoms with Crippen molar-refractivity contribution < 1.29 is 0 Å². The van der Waals surface area contributed by atoms with Gasteiger partial charge in [-0.2, -0.15) is 0 Å². The van der Waals surface area contributed by atoms with Crippen LogP contribution in [0.5, 0.6) is 0 Å². The first kappa shape index (κ1) is 8.94. The van der Waals surface area contributed by atoms with Crippen molar-refractivity contribution in [3.8, 4) is 0 Å². The molecule has 1 N–H and O–H groups in total. The van der Waals surface area contributed by atoms with E-state index in [1.165, 1.54) is 9.75 Å². The second-order valence-corrected chi connectivity index (χ2v) is 4.71. The van der Waals surface area contributed by atoms with Gasteiger partial charge in [-0.1, -0.05) is 12.1 Å². The van der Waals surface area contributed by atoms with Crippen LogP contribution < -0.4 is 5.32 Å². The molecule has 2 rings (SSSR count). The first-order valence-electron chi connectivity index (χ1n) is 4.16. The molecular formula is C10H11NS2. The molecule has 0 aliphatic rings. The van der Waals surface area contributed by atoms with E-state index in [0.717, 1.165) is 0 Å². The molecule has 0 atom stereocenters. The van der Waals surface area contributed by atoms with Crippen LogP contribution in [0, 0.1) is 0 Å². The lowest BCUT2D eigenvalue weighted by Gasteiger charge is -2.11. The molecule has 2 heterocycles. The van der Waals surface area contributed by atoms with Gasteiger partial charge in [0.15, 0.2) is 0 Å². The zero-order valence-electron chi connectivity index (χ0n) is 7.36. The van der Waals surface area contributed by atoms with E-state index in [2.05, 4.69) is 40.3 Å². The second-order valence-electron chi connectivity index (χ2n) is 2.75. The molecule has 0 saturated carbocycles. The Morgan fingerprint density at radius 1 is 1.08 bits per heavy atom. The molecule has 0 fully saturated rings.